The Labute approximate surface area is 76.8 Å². The quantitative estimate of drug-likeness (QED) is 0.652. The molecular formula is C9H11N3O. The molecule has 0 saturated carbocycles. The lowest BCUT2D eigenvalue weighted by molar-refractivity contribution is 0.0983. The molecule has 0 aliphatic carbocycles. The molecule has 0 aliphatic rings. The predicted molar refractivity (Wildman–Crippen MR) is 47.1 cm³/mol. The maximum atomic E-state index is 11.4. The standard InChI is InChI=1S/C9H11N3O/c1-7-8(6-12(2)11-7)9(13)4-3-5-10/h6H,3-4H2,1-2H3. The van der Waals surface area contributed by atoms with Gasteiger partial charge in [0.15, 0.2) is 5.78 Å². The van der Waals surface area contributed by atoms with Crippen LogP contribution < -0.4 is 0 Å². The molecule has 0 saturated heterocycles. The molecule has 4 nitrogen and oxygen atoms in total. The van der Waals surface area contributed by atoms with E-state index in [1.54, 1.807) is 24.9 Å². The summed E-state index contributed by atoms with van der Waals surface area (Å²) in [4.78, 5) is 11.4. The summed E-state index contributed by atoms with van der Waals surface area (Å²) < 4.78 is 1.61. The molecule has 68 valence electrons. The molecule has 0 amide bonds. The van der Waals surface area contributed by atoms with Crippen LogP contribution in [-0.2, 0) is 7.05 Å². The van der Waals surface area contributed by atoms with Gasteiger partial charge in [-0.15, -0.1) is 0 Å². The Hall–Kier alpha value is -1.63. The Morgan fingerprint density at radius 3 is 2.92 bits per heavy atom. The molecule has 0 radical (unpaired) electrons. The lowest BCUT2D eigenvalue weighted by Gasteiger charge is -1.92. The van der Waals surface area contributed by atoms with E-state index in [1.807, 2.05) is 6.07 Å². The van der Waals surface area contributed by atoms with Crippen molar-refractivity contribution in [3.05, 3.63) is 17.5 Å². The molecule has 0 bridgehead atoms. The zero-order valence-corrected chi connectivity index (χ0v) is 7.74. The molecule has 0 aromatic carbocycles. The summed E-state index contributed by atoms with van der Waals surface area (Å²) in [5, 5.41) is 12.4. The predicted octanol–water partition coefficient (Wildman–Crippen LogP) is 1.22. The molecule has 0 N–H and O–H groups in total. The third kappa shape index (κ3) is 2.15. The van der Waals surface area contributed by atoms with Gasteiger partial charge in [0.25, 0.3) is 0 Å². The minimum absolute atomic E-state index is 0.00727. The van der Waals surface area contributed by atoms with Crippen molar-refractivity contribution in [2.75, 3.05) is 0 Å². The van der Waals surface area contributed by atoms with Crippen molar-refractivity contribution >= 4 is 5.78 Å². The number of nitriles is 1. The molecule has 1 aromatic heterocycles. The summed E-state index contributed by atoms with van der Waals surface area (Å²) in [5.74, 6) is -0.00727. The highest BCUT2D eigenvalue weighted by Crippen LogP contribution is 2.08. The van der Waals surface area contributed by atoms with Gasteiger partial charge >= 0.3 is 0 Å². The largest absolute Gasteiger partial charge is 0.294 e. The highest BCUT2D eigenvalue weighted by molar-refractivity contribution is 5.96. The number of hydrogen-bond donors (Lipinski definition) is 0. The van der Waals surface area contributed by atoms with E-state index in [1.165, 1.54) is 0 Å². The molecule has 4 heteroatoms. The van der Waals surface area contributed by atoms with Crippen molar-refractivity contribution in [3.8, 4) is 6.07 Å². The number of rotatable bonds is 3. The van der Waals surface area contributed by atoms with Crippen LogP contribution in [0.15, 0.2) is 6.20 Å². The fraction of sp³-hybridized carbons (Fsp3) is 0.444. The molecule has 0 atom stereocenters. The van der Waals surface area contributed by atoms with Gasteiger partial charge in [0.2, 0.25) is 0 Å². The Balaban J connectivity index is 2.78. The van der Waals surface area contributed by atoms with Crippen molar-refractivity contribution < 1.29 is 4.79 Å². The van der Waals surface area contributed by atoms with Crippen molar-refractivity contribution in [2.45, 2.75) is 19.8 Å². The van der Waals surface area contributed by atoms with Crippen molar-refractivity contribution in [3.63, 3.8) is 0 Å². The first kappa shape index (κ1) is 9.46. The van der Waals surface area contributed by atoms with Crippen LogP contribution in [0.3, 0.4) is 0 Å². The summed E-state index contributed by atoms with van der Waals surface area (Å²) in [7, 11) is 1.77. The maximum Gasteiger partial charge on any atom is 0.167 e. The molecule has 13 heavy (non-hydrogen) atoms. The summed E-state index contributed by atoms with van der Waals surface area (Å²) in [5.41, 5.74) is 1.35. The second-order valence-corrected chi connectivity index (χ2v) is 2.88. The number of aryl methyl sites for hydroxylation is 2. The minimum Gasteiger partial charge on any atom is -0.294 e. The van der Waals surface area contributed by atoms with E-state index in [0.717, 1.165) is 5.69 Å². The van der Waals surface area contributed by atoms with E-state index < -0.39 is 0 Å². The van der Waals surface area contributed by atoms with Gasteiger partial charge in [0.1, 0.15) is 0 Å². The van der Waals surface area contributed by atoms with Gasteiger partial charge < -0.3 is 0 Å². The fourth-order valence-electron chi connectivity index (χ4n) is 1.18. The summed E-state index contributed by atoms with van der Waals surface area (Å²) in [6.07, 6.45) is 2.24. The summed E-state index contributed by atoms with van der Waals surface area (Å²) in [6.45, 7) is 1.79. The van der Waals surface area contributed by atoms with Crippen LogP contribution in [0.4, 0.5) is 0 Å². The molecule has 0 fully saturated rings. The van der Waals surface area contributed by atoms with E-state index in [0.29, 0.717) is 5.56 Å². The molecule has 1 rings (SSSR count). The van der Waals surface area contributed by atoms with Crippen LogP contribution in [0.2, 0.25) is 0 Å². The summed E-state index contributed by atoms with van der Waals surface area (Å²) >= 11 is 0. The second kappa shape index (κ2) is 3.85. The molecule has 0 aliphatic heterocycles. The summed E-state index contributed by atoms with van der Waals surface area (Å²) in [6, 6.07) is 1.95. The van der Waals surface area contributed by atoms with Gasteiger partial charge in [0, 0.05) is 26.1 Å². The van der Waals surface area contributed by atoms with Crippen LogP contribution in [-0.4, -0.2) is 15.6 Å². The number of carbonyl (C=O) groups is 1. The number of Topliss-reactive ketones (excluding diaryl/α,β-unsaturated/α-hetero) is 1. The fourth-order valence-corrected chi connectivity index (χ4v) is 1.18. The zero-order valence-electron chi connectivity index (χ0n) is 7.74. The Morgan fingerprint density at radius 2 is 2.46 bits per heavy atom. The maximum absolute atomic E-state index is 11.4. The van der Waals surface area contributed by atoms with Crippen LogP contribution in [0.5, 0.6) is 0 Å². The molecule has 0 spiro atoms. The highest BCUT2D eigenvalue weighted by atomic mass is 16.1. The van der Waals surface area contributed by atoms with E-state index in [9.17, 15) is 4.79 Å². The molecule has 1 aromatic rings. The van der Waals surface area contributed by atoms with Crippen LogP contribution in [0.1, 0.15) is 28.9 Å². The van der Waals surface area contributed by atoms with Crippen molar-refractivity contribution in [1.82, 2.24) is 9.78 Å². The van der Waals surface area contributed by atoms with Crippen molar-refractivity contribution in [2.24, 2.45) is 7.05 Å². The average molecular weight is 177 g/mol. The lowest BCUT2D eigenvalue weighted by atomic mass is 10.1. The highest BCUT2D eigenvalue weighted by Gasteiger charge is 2.11. The normalized spacial score (nSPS) is 9.62. The van der Waals surface area contributed by atoms with Gasteiger partial charge in [-0.1, -0.05) is 0 Å². The molecule has 1 heterocycles. The van der Waals surface area contributed by atoms with Gasteiger partial charge in [-0.25, -0.2) is 0 Å². The Kier molecular flexibility index (Phi) is 2.80. The number of carbonyl (C=O) groups excluding carboxylic acids is 1. The third-order valence-corrected chi connectivity index (χ3v) is 1.78. The first-order valence-corrected chi connectivity index (χ1v) is 4.05. The SMILES string of the molecule is Cc1nn(C)cc1C(=O)CCC#N. The number of hydrogen-bond acceptors (Lipinski definition) is 3. The topological polar surface area (TPSA) is 58.7 Å². The van der Waals surface area contributed by atoms with E-state index in [2.05, 4.69) is 5.10 Å². The van der Waals surface area contributed by atoms with E-state index >= 15 is 0 Å². The second-order valence-electron chi connectivity index (χ2n) is 2.88. The Morgan fingerprint density at radius 1 is 1.77 bits per heavy atom. The van der Waals surface area contributed by atoms with E-state index in [-0.39, 0.29) is 18.6 Å². The molecule has 0 unspecified atom stereocenters. The first-order valence-electron chi connectivity index (χ1n) is 4.05. The lowest BCUT2D eigenvalue weighted by Crippen LogP contribution is -1.98. The minimum atomic E-state index is -0.00727. The van der Waals surface area contributed by atoms with Crippen LogP contribution >= 0.6 is 0 Å². The Bertz CT molecular complexity index is 359. The van der Waals surface area contributed by atoms with E-state index in [4.69, 9.17) is 5.26 Å². The van der Waals surface area contributed by atoms with Crippen LogP contribution in [0, 0.1) is 18.3 Å². The average Bonchev–Trinajstić information content (AvgIpc) is 2.41. The van der Waals surface area contributed by atoms with Crippen molar-refractivity contribution in [1.29, 1.82) is 5.26 Å². The number of nitrogens with zero attached hydrogens (tertiary/aromatic N) is 3. The zero-order chi connectivity index (χ0) is 9.84. The number of ketones is 1. The van der Waals surface area contributed by atoms with Gasteiger partial charge in [0.05, 0.1) is 17.3 Å². The van der Waals surface area contributed by atoms with Gasteiger partial charge in [-0.2, -0.15) is 10.4 Å². The monoisotopic (exact) mass is 177 g/mol. The third-order valence-electron chi connectivity index (χ3n) is 1.78. The number of aromatic nitrogens is 2. The first-order chi connectivity index (χ1) is 6.15. The smallest absolute Gasteiger partial charge is 0.167 e. The van der Waals surface area contributed by atoms with Gasteiger partial charge in [-0.3, -0.25) is 9.48 Å². The van der Waals surface area contributed by atoms with Gasteiger partial charge in [-0.05, 0) is 6.92 Å². The van der Waals surface area contributed by atoms with Crippen LogP contribution in [0.25, 0.3) is 0 Å². The molecular weight excluding hydrogens is 166 g/mol.